The molecule has 2 rings (SSSR count). The van der Waals surface area contributed by atoms with Crippen LogP contribution in [0.4, 0.5) is 0 Å². The normalized spacial score (nSPS) is 20.1. The molecule has 1 N–H and O–H groups in total. The standard InChI is InChI=1S/C13H19NO3/c1-9-6-10(12-8-14-4-5-17-12)13(16-3)11(7-9)15-2/h6-7,12,14H,4-5,8H2,1-3H3. The molecule has 1 heterocycles. The van der Waals surface area contributed by atoms with E-state index in [-0.39, 0.29) is 6.10 Å². The van der Waals surface area contributed by atoms with Crippen LogP contribution in [0.2, 0.25) is 0 Å². The van der Waals surface area contributed by atoms with Crippen LogP contribution in [0.3, 0.4) is 0 Å². The molecule has 1 saturated heterocycles. The highest BCUT2D eigenvalue weighted by Gasteiger charge is 2.22. The van der Waals surface area contributed by atoms with Crippen LogP contribution >= 0.6 is 0 Å². The monoisotopic (exact) mass is 237 g/mol. The van der Waals surface area contributed by atoms with Gasteiger partial charge in [0.1, 0.15) is 0 Å². The van der Waals surface area contributed by atoms with Gasteiger partial charge in [0.25, 0.3) is 0 Å². The van der Waals surface area contributed by atoms with Crippen LogP contribution in [-0.4, -0.2) is 33.9 Å². The molecule has 1 aromatic carbocycles. The first-order valence-electron chi connectivity index (χ1n) is 5.81. The molecule has 0 saturated carbocycles. The van der Waals surface area contributed by atoms with Crippen LogP contribution in [0.25, 0.3) is 0 Å². The molecule has 1 aliphatic rings. The smallest absolute Gasteiger partial charge is 0.166 e. The predicted molar refractivity (Wildman–Crippen MR) is 65.8 cm³/mol. The summed E-state index contributed by atoms with van der Waals surface area (Å²) in [4.78, 5) is 0. The molecule has 0 spiro atoms. The molecular formula is C13H19NO3. The number of rotatable bonds is 3. The van der Waals surface area contributed by atoms with Crippen molar-refractivity contribution in [2.24, 2.45) is 0 Å². The lowest BCUT2D eigenvalue weighted by Gasteiger charge is -2.26. The van der Waals surface area contributed by atoms with E-state index in [1.807, 2.05) is 13.0 Å². The van der Waals surface area contributed by atoms with Gasteiger partial charge in [-0.1, -0.05) is 0 Å². The van der Waals surface area contributed by atoms with E-state index in [2.05, 4.69) is 11.4 Å². The first-order chi connectivity index (χ1) is 8.26. The van der Waals surface area contributed by atoms with E-state index < -0.39 is 0 Å². The Morgan fingerprint density at radius 2 is 2.12 bits per heavy atom. The Hall–Kier alpha value is -1.26. The molecule has 4 heteroatoms. The van der Waals surface area contributed by atoms with Crippen molar-refractivity contribution >= 4 is 0 Å². The van der Waals surface area contributed by atoms with Crippen molar-refractivity contribution in [3.8, 4) is 11.5 Å². The SMILES string of the molecule is COc1cc(C)cc(C2CNCCO2)c1OC. The van der Waals surface area contributed by atoms with Crippen LogP contribution < -0.4 is 14.8 Å². The molecule has 1 unspecified atom stereocenters. The van der Waals surface area contributed by atoms with Crippen molar-refractivity contribution in [1.82, 2.24) is 5.32 Å². The fourth-order valence-electron chi connectivity index (χ4n) is 2.14. The molecule has 17 heavy (non-hydrogen) atoms. The van der Waals surface area contributed by atoms with Gasteiger partial charge in [0, 0.05) is 18.7 Å². The zero-order chi connectivity index (χ0) is 12.3. The van der Waals surface area contributed by atoms with Gasteiger partial charge < -0.3 is 19.5 Å². The Bertz CT molecular complexity index is 386. The second-order valence-corrected chi connectivity index (χ2v) is 4.15. The second-order valence-electron chi connectivity index (χ2n) is 4.15. The van der Waals surface area contributed by atoms with Gasteiger partial charge in [-0.15, -0.1) is 0 Å². The molecule has 1 fully saturated rings. The topological polar surface area (TPSA) is 39.7 Å². The molecule has 0 aromatic heterocycles. The fourth-order valence-corrected chi connectivity index (χ4v) is 2.14. The lowest BCUT2D eigenvalue weighted by atomic mass is 10.0. The molecule has 4 nitrogen and oxygen atoms in total. The van der Waals surface area contributed by atoms with Gasteiger partial charge in [-0.25, -0.2) is 0 Å². The van der Waals surface area contributed by atoms with Crippen LogP contribution in [0.5, 0.6) is 11.5 Å². The molecule has 0 bridgehead atoms. The Labute approximate surface area is 102 Å². The molecule has 0 amide bonds. The van der Waals surface area contributed by atoms with Gasteiger partial charge in [0.05, 0.1) is 26.9 Å². The van der Waals surface area contributed by atoms with E-state index in [0.29, 0.717) is 0 Å². The van der Waals surface area contributed by atoms with Crippen molar-refractivity contribution in [3.63, 3.8) is 0 Å². The van der Waals surface area contributed by atoms with Crippen molar-refractivity contribution in [2.75, 3.05) is 33.9 Å². The minimum absolute atomic E-state index is 0.0347. The van der Waals surface area contributed by atoms with Crippen molar-refractivity contribution < 1.29 is 14.2 Å². The number of hydrogen-bond acceptors (Lipinski definition) is 4. The maximum Gasteiger partial charge on any atom is 0.166 e. The third kappa shape index (κ3) is 2.53. The molecule has 94 valence electrons. The Morgan fingerprint density at radius 3 is 2.71 bits per heavy atom. The highest BCUT2D eigenvalue weighted by Crippen LogP contribution is 2.37. The molecule has 1 aliphatic heterocycles. The van der Waals surface area contributed by atoms with E-state index in [0.717, 1.165) is 42.3 Å². The van der Waals surface area contributed by atoms with E-state index >= 15 is 0 Å². The van der Waals surface area contributed by atoms with Gasteiger partial charge in [0.15, 0.2) is 11.5 Å². The molecule has 1 atom stereocenters. The first kappa shape index (κ1) is 12.2. The fraction of sp³-hybridized carbons (Fsp3) is 0.538. The number of methoxy groups -OCH3 is 2. The van der Waals surface area contributed by atoms with Crippen molar-refractivity contribution in [1.29, 1.82) is 0 Å². The predicted octanol–water partition coefficient (Wildman–Crippen LogP) is 1.67. The highest BCUT2D eigenvalue weighted by molar-refractivity contribution is 5.50. The Morgan fingerprint density at radius 1 is 1.29 bits per heavy atom. The van der Waals surface area contributed by atoms with Crippen LogP contribution in [-0.2, 0) is 4.74 Å². The van der Waals surface area contributed by atoms with E-state index in [4.69, 9.17) is 14.2 Å². The van der Waals surface area contributed by atoms with Crippen LogP contribution in [0.1, 0.15) is 17.2 Å². The van der Waals surface area contributed by atoms with Gasteiger partial charge in [-0.2, -0.15) is 0 Å². The molecule has 1 aromatic rings. The van der Waals surface area contributed by atoms with Gasteiger partial charge in [0.2, 0.25) is 0 Å². The lowest BCUT2D eigenvalue weighted by Crippen LogP contribution is -2.33. The number of nitrogens with one attached hydrogen (secondary N) is 1. The summed E-state index contributed by atoms with van der Waals surface area (Å²) in [5.74, 6) is 1.53. The van der Waals surface area contributed by atoms with E-state index in [1.165, 1.54) is 0 Å². The summed E-state index contributed by atoms with van der Waals surface area (Å²) in [7, 11) is 3.31. The van der Waals surface area contributed by atoms with Crippen molar-refractivity contribution in [2.45, 2.75) is 13.0 Å². The summed E-state index contributed by atoms with van der Waals surface area (Å²) in [5.41, 5.74) is 2.20. The minimum atomic E-state index is 0.0347. The highest BCUT2D eigenvalue weighted by atomic mass is 16.5. The maximum atomic E-state index is 5.76. The zero-order valence-corrected chi connectivity index (χ0v) is 10.6. The average Bonchev–Trinajstić information content (AvgIpc) is 2.38. The third-order valence-corrected chi connectivity index (χ3v) is 2.93. The number of morpholine rings is 1. The largest absolute Gasteiger partial charge is 0.493 e. The summed E-state index contributed by atoms with van der Waals surface area (Å²) in [5, 5.41) is 3.32. The number of benzene rings is 1. The first-order valence-corrected chi connectivity index (χ1v) is 5.81. The Balaban J connectivity index is 2.39. The van der Waals surface area contributed by atoms with Gasteiger partial charge in [-0.3, -0.25) is 0 Å². The zero-order valence-electron chi connectivity index (χ0n) is 10.6. The summed E-state index contributed by atoms with van der Waals surface area (Å²) in [6, 6.07) is 4.07. The van der Waals surface area contributed by atoms with E-state index in [9.17, 15) is 0 Å². The lowest BCUT2D eigenvalue weighted by molar-refractivity contribution is 0.0260. The molecule has 0 radical (unpaired) electrons. The van der Waals surface area contributed by atoms with Crippen molar-refractivity contribution in [3.05, 3.63) is 23.3 Å². The maximum absolute atomic E-state index is 5.76. The minimum Gasteiger partial charge on any atom is -0.493 e. The second kappa shape index (κ2) is 5.38. The number of ether oxygens (including phenoxy) is 3. The quantitative estimate of drug-likeness (QED) is 0.868. The Kier molecular flexibility index (Phi) is 3.86. The van der Waals surface area contributed by atoms with E-state index in [1.54, 1.807) is 14.2 Å². The molecule has 0 aliphatic carbocycles. The summed E-state index contributed by atoms with van der Waals surface area (Å²) < 4.78 is 16.6. The van der Waals surface area contributed by atoms with Gasteiger partial charge in [-0.05, 0) is 24.6 Å². The number of hydrogen-bond donors (Lipinski definition) is 1. The summed E-state index contributed by atoms with van der Waals surface area (Å²) in [6.45, 7) is 4.48. The van der Waals surface area contributed by atoms with Crippen LogP contribution in [0, 0.1) is 6.92 Å². The summed E-state index contributed by atoms with van der Waals surface area (Å²) in [6.07, 6.45) is 0.0347. The summed E-state index contributed by atoms with van der Waals surface area (Å²) >= 11 is 0. The molecular weight excluding hydrogens is 218 g/mol. The third-order valence-electron chi connectivity index (χ3n) is 2.93. The van der Waals surface area contributed by atoms with Gasteiger partial charge >= 0.3 is 0 Å². The number of aryl methyl sites for hydroxylation is 1. The average molecular weight is 237 g/mol. The van der Waals surface area contributed by atoms with Crippen LogP contribution in [0.15, 0.2) is 12.1 Å².